The van der Waals surface area contributed by atoms with Crippen molar-refractivity contribution in [1.82, 2.24) is 49.7 Å². The maximum atomic E-state index is 14.0. The monoisotopic (exact) mass is 1060 g/mol. The molecule has 0 unspecified atom stereocenters. The van der Waals surface area contributed by atoms with Gasteiger partial charge in [0.05, 0.1) is 60.9 Å². The molecule has 3 amide bonds. The van der Waals surface area contributed by atoms with E-state index < -0.39 is 35.1 Å². The van der Waals surface area contributed by atoms with Gasteiger partial charge in [-0.1, -0.05) is 57.2 Å². The number of nitrogens with zero attached hydrogens (tertiary/aromatic N) is 9. The molecule has 5 N–H and O–H groups in total. The highest BCUT2D eigenvalue weighted by Crippen LogP contribution is 2.29. The number of thiazole rings is 1. The van der Waals surface area contributed by atoms with Gasteiger partial charge < -0.3 is 45.4 Å². The molecule has 0 saturated carbocycles. The van der Waals surface area contributed by atoms with Crippen LogP contribution in [-0.2, 0) is 42.5 Å². The minimum atomic E-state index is -1.19. The summed E-state index contributed by atoms with van der Waals surface area (Å²) >= 11 is 1.57. The quantitative estimate of drug-likeness (QED) is 0.0449. The van der Waals surface area contributed by atoms with Crippen molar-refractivity contribution in [3.05, 3.63) is 118 Å². The van der Waals surface area contributed by atoms with Crippen molar-refractivity contribution < 1.29 is 34.1 Å². The maximum Gasteiger partial charge on any atom is 0.278 e. The van der Waals surface area contributed by atoms with Crippen LogP contribution in [0.4, 0.5) is 17.3 Å². The fourth-order valence-corrected chi connectivity index (χ4v) is 10.1. The Hall–Kier alpha value is -6.88. The number of hydrogen-bond acceptors (Lipinski definition) is 16. The minimum Gasteiger partial charge on any atom is -0.391 e. The number of carbonyl (C=O) groups excluding carboxylic acids is 3. The van der Waals surface area contributed by atoms with Crippen molar-refractivity contribution in [1.29, 1.82) is 0 Å². The van der Waals surface area contributed by atoms with Crippen molar-refractivity contribution in [3.63, 3.8) is 0 Å². The number of likely N-dealkylation sites (tertiary alicyclic amines) is 1. The summed E-state index contributed by atoms with van der Waals surface area (Å²) in [4.78, 5) is 79.4. The van der Waals surface area contributed by atoms with E-state index in [0.717, 1.165) is 65.8 Å². The molecule has 0 aliphatic carbocycles. The molecule has 6 heterocycles. The zero-order valence-corrected chi connectivity index (χ0v) is 45.0. The SMILES string of the molecule is C=CCn1c(=O)c2cnc(Nc3ccc(N4CCN(CCOCCOCCC(=O)N[C@H](C(=O)N5C[C@H](O)C[C@H]5C(=O)NCc5ccc(-c6scnc6C)cc5)C(C)(C)C)CC4)cc3)nc2n1-c1cccc(C(C)(C)O)n1. The molecule has 2 aliphatic heterocycles. The third-order valence-corrected chi connectivity index (χ3v) is 14.5. The van der Waals surface area contributed by atoms with Gasteiger partial charge in [-0.3, -0.25) is 24.1 Å². The third kappa shape index (κ3) is 13.6. The number of allylic oxidation sites excluding steroid dienone is 1. The van der Waals surface area contributed by atoms with E-state index in [0.29, 0.717) is 48.3 Å². The van der Waals surface area contributed by atoms with Crippen LogP contribution >= 0.6 is 11.3 Å². The number of ether oxygens (including phenoxy) is 2. The highest BCUT2D eigenvalue weighted by atomic mass is 32.1. The van der Waals surface area contributed by atoms with E-state index in [1.807, 2.05) is 69.6 Å². The third-order valence-electron chi connectivity index (χ3n) is 13.5. The normalized spacial score (nSPS) is 16.7. The van der Waals surface area contributed by atoms with Crippen LogP contribution in [0, 0.1) is 12.3 Å². The largest absolute Gasteiger partial charge is 0.391 e. The number of nitrogens with one attached hydrogen (secondary N) is 3. The van der Waals surface area contributed by atoms with Gasteiger partial charge in [0.2, 0.25) is 23.7 Å². The average molecular weight is 1060 g/mol. The van der Waals surface area contributed by atoms with E-state index >= 15 is 0 Å². The van der Waals surface area contributed by atoms with Crippen molar-refractivity contribution in [2.75, 3.05) is 75.9 Å². The highest BCUT2D eigenvalue weighted by Gasteiger charge is 2.44. The summed E-state index contributed by atoms with van der Waals surface area (Å²) in [6.45, 7) is 20.7. The predicted octanol–water partition coefficient (Wildman–Crippen LogP) is 4.92. The Balaban J connectivity index is 0.726. The Bertz CT molecular complexity index is 3030. The molecule has 8 rings (SSSR count). The minimum absolute atomic E-state index is 0.00357. The van der Waals surface area contributed by atoms with Gasteiger partial charge in [-0.2, -0.15) is 4.98 Å². The van der Waals surface area contributed by atoms with Crippen molar-refractivity contribution in [2.24, 2.45) is 5.41 Å². The lowest BCUT2D eigenvalue weighted by molar-refractivity contribution is -0.144. The van der Waals surface area contributed by atoms with Crippen LogP contribution < -0.4 is 26.4 Å². The zero-order valence-electron chi connectivity index (χ0n) is 44.2. The molecular weight excluding hydrogens is 989 g/mol. The van der Waals surface area contributed by atoms with Gasteiger partial charge in [0.1, 0.15) is 23.1 Å². The Morgan fingerprint density at radius 2 is 1.64 bits per heavy atom. The molecule has 0 spiro atoms. The Kier molecular flexibility index (Phi) is 17.8. The van der Waals surface area contributed by atoms with Gasteiger partial charge in [0.15, 0.2) is 11.5 Å². The molecule has 76 heavy (non-hydrogen) atoms. The number of piperazine rings is 1. The Morgan fingerprint density at radius 3 is 2.32 bits per heavy atom. The molecule has 2 fully saturated rings. The second kappa shape index (κ2) is 24.4. The molecule has 20 nitrogen and oxygen atoms in total. The molecule has 3 atom stereocenters. The molecule has 21 heteroatoms. The van der Waals surface area contributed by atoms with E-state index in [1.54, 1.807) is 54.1 Å². The van der Waals surface area contributed by atoms with Gasteiger partial charge in [0, 0.05) is 76.2 Å². The van der Waals surface area contributed by atoms with Crippen LogP contribution in [0.3, 0.4) is 0 Å². The lowest BCUT2D eigenvalue weighted by Crippen LogP contribution is -2.57. The highest BCUT2D eigenvalue weighted by molar-refractivity contribution is 7.13. The summed E-state index contributed by atoms with van der Waals surface area (Å²) in [6.07, 6.45) is 2.42. The van der Waals surface area contributed by atoms with Crippen LogP contribution in [0.25, 0.3) is 27.3 Å². The standard InChI is InChI=1S/C55H70N12O8S/c1-8-21-66-51(71)42-33-57-53(62-49(42)67(66)45-11-9-10-44(60-45)55(6,7)73)59-39-16-18-40(19-17-39)64-24-22-63(23-25-64)26-28-75-30-29-74-27-20-46(69)61-48(54(3,4)5)52(72)65-34-41(68)31-43(65)50(70)56-32-37-12-14-38(15-13-37)47-36(2)58-35-76-47/h8-19,33,35,41,43,48,68,73H,1,20-32,34H2,2-7H3,(H,56,70)(H,61,69)(H,57,59,62)/t41-,43+,48-/m1/s1. The molecule has 404 valence electrons. The number of fused-ring (bicyclic) bond motifs is 1. The summed E-state index contributed by atoms with van der Waals surface area (Å²) in [6, 6.07) is 19.4. The second-order valence-corrected chi connectivity index (χ2v) is 21.6. The number of β-amino-alcohol motifs (C(OH)–C–C–N with tert-alkyl or cyclic N) is 1. The number of anilines is 3. The number of carbonyl (C=O) groups is 3. The molecule has 6 aromatic rings. The number of aliphatic hydroxyl groups is 2. The zero-order chi connectivity index (χ0) is 54.1. The first-order valence-electron chi connectivity index (χ1n) is 25.7. The fraction of sp³-hybridized carbons (Fsp3) is 0.455. The van der Waals surface area contributed by atoms with E-state index in [-0.39, 0.29) is 56.5 Å². The Morgan fingerprint density at radius 1 is 0.921 bits per heavy atom. The predicted molar refractivity (Wildman–Crippen MR) is 293 cm³/mol. The van der Waals surface area contributed by atoms with Gasteiger partial charge in [-0.25, -0.2) is 24.3 Å². The lowest BCUT2D eigenvalue weighted by atomic mass is 9.85. The molecule has 2 aliphatic rings. The van der Waals surface area contributed by atoms with Crippen LogP contribution in [0.2, 0.25) is 0 Å². The average Bonchev–Trinajstić information content (AvgIpc) is 4.18. The summed E-state index contributed by atoms with van der Waals surface area (Å²) in [7, 11) is 0. The lowest BCUT2D eigenvalue weighted by Gasteiger charge is -2.36. The topological polar surface area (TPSA) is 234 Å². The smallest absolute Gasteiger partial charge is 0.278 e. The number of hydrogen-bond donors (Lipinski definition) is 5. The summed E-state index contributed by atoms with van der Waals surface area (Å²) in [5, 5.41) is 30.7. The molecule has 0 radical (unpaired) electrons. The number of aryl methyl sites for hydroxylation is 1. The number of benzene rings is 2. The van der Waals surface area contributed by atoms with Gasteiger partial charge in [-0.05, 0) is 73.7 Å². The Labute approximate surface area is 446 Å². The van der Waals surface area contributed by atoms with Crippen LogP contribution in [0.5, 0.6) is 0 Å². The van der Waals surface area contributed by atoms with Crippen LogP contribution in [0.1, 0.15) is 64.4 Å². The first-order chi connectivity index (χ1) is 36.4. The van der Waals surface area contributed by atoms with Gasteiger partial charge in [-0.15, -0.1) is 17.9 Å². The first kappa shape index (κ1) is 55.4. The van der Waals surface area contributed by atoms with Gasteiger partial charge in [0.25, 0.3) is 5.56 Å². The van der Waals surface area contributed by atoms with Crippen molar-refractivity contribution in [3.8, 4) is 16.3 Å². The fourth-order valence-electron chi connectivity index (χ4n) is 9.30. The molecule has 0 bridgehead atoms. The molecule has 2 saturated heterocycles. The van der Waals surface area contributed by atoms with E-state index in [1.165, 1.54) is 15.8 Å². The van der Waals surface area contributed by atoms with E-state index in [2.05, 4.69) is 59.4 Å². The maximum absolute atomic E-state index is 14.0. The van der Waals surface area contributed by atoms with E-state index in [4.69, 9.17) is 14.5 Å². The van der Waals surface area contributed by atoms with E-state index in [9.17, 15) is 29.4 Å². The van der Waals surface area contributed by atoms with Crippen molar-refractivity contribution in [2.45, 2.75) is 91.3 Å². The van der Waals surface area contributed by atoms with Crippen LogP contribution in [-0.4, -0.2) is 151 Å². The summed E-state index contributed by atoms with van der Waals surface area (Å²) in [5.74, 6) is -0.387. The number of aromatic nitrogens is 6. The molecule has 2 aromatic carbocycles. The first-order valence-corrected chi connectivity index (χ1v) is 26.6. The molecule has 4 aromatic heterocycles. The number of rotatable bonds is 22. The number of amides is 3. The summed E-state index contributed by atoms with van der Waals surface area (Å²) < 4.78 is 14.7. The number of aliphatic hydroxyl groups excluding tert-OH is 1. The summed E-state index contributed by atoms with van der Waals surface area (Å²) in [5.41, 5.74) is 5.28. The van der Waals surface area contributed by atoms with Gasteiger partial charge >= 0.3 is 0 Å². The second-order valence-electron chi connectivity index (χ2n) is 20.8. The number of pyridine rings is 1. The van der Waals surface area contributed by atoms with Crippen LogP contribution in [0.15, 0.2) is 95.9 Å². The molecular formula is C55H70N12O8S. The van der Waals surface area contributed by atoms with Crippen molar-refractivity contribution >= 4 is 57.4 Å².